The monoisotopic (exact) mass is 398 g/mol. The highest BCUT2D eigenvalue weighted by Crippen LogP contribution is 2.33. The average Bonchev–Trinajstić information content (AvgIpc) is 3.15. The summed E-state index contributed by atoms with van der Waals surface area (Å²) in [5, 5.41) is 6.15. The minimum atomic E-state index is -0.0359. The Morgan fingerprint density at radius 3 is 2.66 bits per heavy atom. The highest BCUT2D eigenvalue weighted by molar-refractivity contribution is 5.90. The first-order valence-corrected chi connectivity index (χ1v) is 11.2. The Hall–Kier alpha value is -1.92. The summed E-state index contributed by atoms with van der Waals surface area (Å²) in [6.45, 7) is 1.64. The number of nitrogens with one attached hydrogen (secondary N) is 2. The van der Waals surface area contributed by atoms with Crippen molar-refractivity contribution in [1.29, 1.82) is 0 Å². The Balaban J connectivity index is 1.36. The number of carbonyl (C=O) groups is 2. The van der Waals surface area contributed by atoms with Crippen molar-refractivity contribution >= 4 is 17.5 Å². The molecule has 2 heterocycles. The molecule has 3 atom stereocenters. The second-order valence-electron chi connectivity index (χ2n) is 8.85. The van der Waals surface area contributed by atoms with Gasteiger partial charge in [0.25, 0.3) is 0 Å². The molecule has 4 rings (SSSR count). The van der Waals surface area contributed by atoms with Gasteiger partial charge in [0, 0.05) is 43.3 Å². The van der Waals surface area contributed by atoms with E-state index in [4.69, 9.17) is 0 Å². The van der Waals surface area contributed by atoms with Gasteiger partial charge >= 0.3 is 0 Å². The molecule has 2 saturated heterocycles. The molecule has 2 N–H and O–H groups in total. The van der Waals surface area contributed by atoms with E-state index in [1.807, 2.05) is 30.3 Å². The van der Waals surface area contributed by atoms with Crippen LogP contribution in [0.1, 0.15) is 51.4 Å². The molecule has 3 unspecified atom stereocenters. The van der Waals surface area contributed by atoms with Gasteiger partial charge in [-0.25, -0.2) is 0 Å². The number of para-hydroxylation sites is 1. The Morgan fingerprint density at radius 1 is 1.14 bits per heavy atom. The van der Waals surface area contributed by atoms with Crippen molar-refractivity contribution in [3.8, 4) is 0 Å². The van der Waals surface area contributed by atoms with Crippen molar-refractivity contribution < 1.29 is 9.59 Å². The zero-order valence-corrected chi connectivity index (χ0v) is 17.5. The lowest BCUT2D eigenvalue weighted by Gasteiger charge is -2.37. The number of rotatable bonds is 5. The van der Waals surface area contributed by atoms with E-state index < -0.39 is 0 Å². The summed E-state index contributed by atoms with van der Waals surface area (Å²) in [7, 11) is 2.14. The van der Waals surface area contributed by atoms with Crippen molar-refractivity contribution in [2.75, 3.05) is 25.5 Å². The van der Waals surface area contributed by atoms with Gasteiger partial charge in [0.2, 0.25) is 11.8 Å². The molecular weight excluding hydrogens is 364 g/mol. The van der Waals surface area contributed by atoms with Crippen LogP contribution < -0.4 is 10.6 Å². The maximum Gasteiger partial charge on any atom is 0.239 e. The van der Waals surface area contributed by atoms with Crippen LogP contribution in [0.4, 0.5) is 5.69 Å². The molecule has 158 valence electrons. The normalized spacial score (nSPS) is 29.1. The van der Waals surface area contributed by atoms with Gasteiger partial charge in [-0.15, -0.1) is 0 Å². The minimum Gasteiger partial charge on any atom is -0.353 e. The molecule has 6 nitrogen and oxygen atoms in total. The number of amides is 2. The van der Waals surface area contributed by atoms with Crippen LogP contribution in [0.3, 0.4) is 0 Å². The number of nitrogens with zero attached hydrogens (tertiary/aromatic N) is 2. The topological polar surface area (TPSA) is 64.7 Å². The fraction of sp³-hybridized carbons (Fsp3) is 0.652. The standard InChI is InChI=1S/C23H34N4O2/c1-26-19(12-13-21(28)25-17-8-4-2-5-9-17)16-24-23(29)22-20(26)14-15-27(22)18-10-6-3-7-11-18/h2,4-5,8-9,18-20,22H,3,6-7,10-16H2,1H3,(H,24,29)(H,25,28). The molecule has 2 amide bonds. The molecule has 1 aromatic rings. The summed E-state index contributed by atoms with van der Waals surface area (Å²) in [5.74, 6) is 0.216. The van der Waals surface area contributed by atoms with Crippen LogP contribution in [0.2, 0.25) is 0 Å². The van der Waals surface area contributed by atoms with Gasteiger partial charge in [0.15, 0.2) is 0 Å². The minimum absolute atomic E-state index is 0.0342. The summed E-state index contributed by atoms with van der Waals surface area (Å²) >= 11 is 0. The number of hydrogen-bond acceptors (Lipinski definition) is 4. The number of fused-ring (bicyclic) bond motifs is 1. The summed E-state index contributed by atoms with van der Waals surface area (Å²) in [6, 6.07) is 10.6. The first-order chi connectivity index (χ1) is 14.1. The Morgan fingerprint density at radius 2 is 1.90 bits per heavy atom. The molecule has 2 aliphatic heterocycles. The van der Waals surface area contributed by atoms with E-state index in [1.165, 1.54) is 32.1 Å². The molecule has 1 aromatic carbocycles. The lowest BCUT2D eigenvalue weighted by molar-refractivity contribution is -0.126. The zero-order valence-electron chi connectivity index (χ0n) is 17.5. The molecule has 1 saturated carbocycles. The molecular formula is C23H34N4O2. The van der Waals surface area contributed by atoms with Crippen LogP contribution in [0, 0.1) is 0 Å². The Labute approximate surface area is 174 Å². The molecule has 1 aliphatic carbocycles. The number of likely N-dealkylation sites (tertiary alicyclic amines) is 1. The molecule has 0 bridgehead atoms. The van der Waals surface area contributed by atoms with E-state index in [9.17, 15) is 9.59 Å². The van der Waals surface area contributed by atoms with Crippen LogP contribution in [-0.4, -0.2) is 65.9 Å². The third-order valence-corrected chi connectivity index (χ3v) is 7.09. The Kier molecular flexibility index (Phi) is 6.50. The molecule has 29 heavy (non-hydrogen) atoms. The van der Waals surface area contributed by atoms with E-state index in [0.29, 0.717) is 19.0 Å². The Bertz CT molecular complexity index is 704. The van der Waals surface area contributed by atoms with Gasteiger partial charge < -0.3 is 10.6 Å². The number of hydrogen-bond donors (Lipinski definition) is 2. The number of benzene rings is 1. The SMILES string of the molecule is CN1C(CCC(=O)Nc2ccccc2)CNC(=O)C2C1CCN2C1CCCCC1. The van der Waals surface area contributed by atoms with Gasteiger partial charge in [0.05, 0.1) is 0 Å². The van der Waals surface area contributed by atoms with Crippen LogP contribution in [0.5, 0.6) is 0 Å². The van der Waals surface area contributed by atoms with Crippen LogP contribution in [0.15, 0.2) is 30.3 Å². The molecule has 3 aliphatic rings. The molecule has 6 heteroatoms. The van der Waals surface area contributed by atoms with Crippen LogP contribution in [-0.2, 0) is 9.59 Å². The van der Waals surface area contributed by atoms with E-state index in [-0.39, 0.29) is 29.9 Å². The van der Waals surface area contributed by atoms with Crippen molar-refractivity contribution in [3.05, 3.63) is 30.3 Å². The summed E-state index contributed by atoms with van der Waals surface area (Å²) in [5.41, 5.74) is 0.832. The van der Waals surface area contributed by atoms with Gasteiger partial charge in [-0.3, -0.25) is 19.4 Å². The summed E-state index contributed by atoms with van der Waals surface area (Å²) < 4.78 is 0. The fourth-order valence-electron chi connectivity index (χ4n) is 5.46. The maximum atomic E-state index is 13.0. The first-order valence-electron chi connectivity index (χ1n) is 11.2. The van der Waals surface area contributed by atoms with Crippen LogP contribution in [0.25, 0.3) is 0 Å². The molecule has 0 spiro atoms. The third kappa shape index (κ3) is 4.64. The quantitative estimate of drug-likeness (QED) is 0.800. The van der Waals surface area contributed by atoms with Crippen molar-refractivity contribution in [2.24, 2.45) is 0 Å². The van der Waals surface area contributed by atoms with Gasteiger partial charge in [-0.05, 0) is 44.9 Å². The lowest BCUT2D eigenvalue weighted by Crippen LogP contribution is -2.53. The van der Waals surface area contributed by atoms with Gasteiger partial charge in [-0.2, -0.15) is 0 Å². The second kappa shape index (κ2) is 9.26. The van der Waals surface area contributed by atoms with Gasteiger partial charge in [0.1, 0.15) is 6.04 Å². The average molecular weight is 399 g/mol. The third-order valence-electron chi connectivity index (χ3n) is 7.09. The van der Waals surface area contributed by atoms with Crippen LogP contribution >= 0.6 is 0 Å². The van der Waals surface area contributed by atoms with Crippen molar-refractivity contribution in [3.63, 3.8) is 0 Å². The van der Waals surface area contributed by atoms with Crippen molar-refractivity contribution in [2.45, 2.75) is 75.5 Å². The highest BCUT2D eigenvalue weighted by atomic mass is 16.2. The van der Waals surface area contributed by atoms with Crippen molar-refractivity contribution in [1.82, 2.24) is 15.1 Å². The van der Waals surface area contributed by atoms with E-state index >= 15 is 0 Å². The van der Waals surface area contributed by atoms with Gasteiger partial charge in [-0.1, -0.05) is 37.5 Å². The molecule has 3 fully saturated rings. The largest absolute Gasteiger partial charge is 0.353 e. The molecule has 0 radical (unpaired) electrons. The predicted octanol–water partition coefficient (Wildman–Crippen LogP) is 2.61. The number of likely N-dealkylation sites (N-methyl/N-ethyl adjacent to an activating group) is 1. The highest BCUT2D eigenvalue weighted by Gasteiger charge is 2.47. The fourth-order valence-corrected chi connectivity index (χ4v) is 5.46. The predicted molar refractivity (Wildman–Crippen MR) is 115 cm³/mol. The maximum absolute atomic E-state index is 13.0. The lowest BCUT2D eigenvalue weighted by atomic mass is 9.93. The smallest absolute Gasteiger partial charge is 0.239 e. The van der Waals surface area contributed by atoms with E-state index in [1.54, 1.807) is 0 Å². The number of carbonyl (C=O) groups excluding carboxylic acids is 2. The van der Waals surface area contributed by atoms with E-state index in [0.717, 1.165) is 25.1 Å². The van der Waals surface area contributed by atoms with E-state index in [2.05, 4.69) is 27.5 Å². The molecule has 0 aromatic heterocycles. The number of anilines is 1. The first kappa shape index (κ1) is 20.4. The summed E-state index contributed by atoms with van der Waals surface area (Å²) in [4.78, 5) is 30.2. The zero-order chi connectivity index (χ0) is 20.2. The summed E-state index contributed by atoms with van der Waals surface area (Å²) in [6.07, 6.45) is 8.61. The second-order valence-corrected chi connectivity index (χ2v) is 8.85.